The van der Waals surface area contributed by atoms with Gasteiger partial charge < -0.3 is 23.2 Å². The van der Waals surface area contributed by atoms with Crippen molar-refractivity contribution in [1.29, 1.82) is 0 Å². The van der Waals surface area contributed by atoms with Crippen molar-refractivity contribution in [2.45, 2.75) is 0 Å². The quantitative estimate of drug-likeness (QED) is 0.166. The molecule has 10 aromatic carbocycles. The molecule has 0 radical (unpaired) electrons. The maximum Gasteiger partial charge on any atom is 0.260 e. The average molecular weight is 872 g/mol. The maximum absolute atomic E-state index is 7.19. The van der Waals surface area contributed by atoms with Gasteiger partial charge in [-0.2, -0.15) is 0 Å². The molecule has 2 aliphatic rings. The van der Waals surface area contributed by atoms with Gasteiger partial charge in [0.15, 0.2) is 0 Å². The molecule has 67 heavy (non-hydrogen) atoms. The predicted octanol–water partition coefficient (Wildman–Crippen LogP) is 14.1. The third-order valence-electron chi connectivity index (χ3n) is 14.6. The second-order valence-corrected chi connectivity index (χ2v) is 18.9. The second-order valence-electron chi connectivity index (χ2n) is 17.9. The molecular weight excluding hydrogens is 838 g/mol. The first-order chi connectivity index (χ1) is 33.3. The van der Waals surface area contributed by atoms with Gasteiger partial charge in [-0.05, 0) is 83.7 Å². The molecule has 14 aromatic rings. The molecule has 7 heteroatoms. The van der Waals surface area contributed by atoms with Crippen LogP contribution < -0.4 is 25.9 Å². The van der Waals surface area contributed by atoms with Gasteiger partial charge >= 0.3 is 0 Å². The molecule has 16 rings (SSSR count). The summed E-state index contributed by atoms with van der Waals surface area (Å²) in [6, 6.07) is 74.8. The fourth-order valence-corrected chi connectivity index (χ4v) is 13.2. The number of fused-ring (bicyclic) bond motifs is 18. The molecule has 0 atom stereocenters. The van der Waals surface area contributed by atoms with E-state index in [1.807, 2.05) is 11.3 Å². The number of ether oxygens (including phenoxy) is 2. The fraction of sp³-hybridized carbons (Fsp3) is 0. The molecule has 0 fully saturated rings. The Labute approximate surface area is 387 Å². The van der Waals surface area contributed by atoms with Crippen LogP contribution >= 0.6 is 11.3 Å². The van der Waals surface area contributed by atoms with Crippen LogP contribution in [0, 0.1) is 0 Å². The molecule has 6 heterocycles. The minimum Gasteiger partial charge on any atom is -0.456 e. The molecule has 0 bridgehead atoms. The molecule has 0 N–H and O–H groups in total. The monoisotopic (exact) mass is 871 g/mol. The highest BCUT2D eigenvalue weighted by Crippen LogP contribution is 2.47. The van der Waals surface area contributed by atoms with E-state index in [9.17, 15) is 0 Å². The molecular formula is C60H34BN3O2S. The molecule has 0 unspecified atom stereocenters. The molecule has 4 aromatic heterocycles. The predicted molar refractivity (Wildman–Crippen MR) is 280 cm³/mol. The lowest BCUT2D eigenvalue weighted by molar-refractivity contribution is 0.462. The van der Waals surface area contributed by atoms with E-state index < -0.39 is 0 Å². The van der Waals surface area contributed by atoms with Crippen LogP contribution in [0.15, 0.2) is 206 Å². The minimum atomic E-state index is -0.138. The lowest BCUT2D eigenvalue weighted by Crippen LogP contribution is -2.57. The number of aromatic nitrogens is 3. The lowest BCUT2D eigenvalue weighted by Gasteiger charge is -2.34. The van der Waals surface area contributed by atoms with E-state index in [4.69, 9.17) is 9.47 Å². The first-order valence-corrected chi connectivity index (χ1v) is 23.7. The van der Waals surface area contributed by atoms with Crippen LogP contribution in [-0.2, 0) is 0 Å². The molecule has 0 saturated carbocycles. The Morgan fingerprint density at radius 2 is 0.881 bits per heavy atom. The Hall–Kier alpha value is -8.52. The number of hydrogen-bond acceptors (Lipinski definition) is 3. The van der Waals surface area contributed by atoms with Crippen molar-refractivity contribution in [1.82, 2.24) is 13.7 Å². The van der Waals surface area contributed by atoms with Gasteiger partial charge in [0, 0.05) is 63.6 Å². The largest absolute Gasteiger partial charge is 0.456 e. The lowest BCUT2D eigenvalue weighted by atomic mass is 9.34. The summed E-state index contributed by atoms with van der Waals surface area (Å²) in [5, 5.41) is 9.98. The molecule has 0 amide bonds. The van der Waals surface area contributed by atoms with Crippen molar-refractivity contribution in [3.05, 3.63) is 206 Å². The fourth-order valence-electron chi connectivity index (χ4n) is 11.9. The number of thiophene rings is 1. The maximum atomic E-state index is 7.19. The molecule has 0 aliphatic carbocycles. The Bertz CT molecular complexity index is 4480. The summed E-state index contributed by atoms with van der Waals surface area (Å²) in [5.41, 5.74) is 13.4. The second kappa shape index (κ2) is 13.1. The Kier molecular flexibility index (Phi) is 6.98. The third kappa shape index (κ3) is 4.63. The average Bonchev–Trinajstić information content (AvgIpc) is 4.13. The van der Waals surface area contributed by atoms with Gasteiger partial charge in [-0.3, -0.25) is 0 Å². The van der Waals surface area contributed by atoms with E-state index in [2.05, 4.69) is 220 Å². The van der Waals surface area contributed by atoms with Crippen molar-refractivity contribution in [2.75, 3.05) is 0 Å². The summed E-state index contributed by atoms with van der Waals surface area (Å²) in [6.45, 7) is -0.138. The van der Waals surface area contributed by atoms with E-state index in [0.717, 1.165) is 73.0 Å². The summed E-state index contributed by atoms with van der Waals surface area (Å²) in [6.07, 6.45) is 0. The van der Waals surface area contributed by atoms with Crippen molar-refractivity contribution in [3.8, 4) is 40.1 Å². The zero-order valence-corrected chi connectivity index (χ0v) is 36.6. The summed E-state index contributed by atoms with van der Waals surface area (Å²) < 4.78 is 24.3. The van der Waals surface area contributed by atoms with Crippen LogP contribution in [0.25, 0.3) is 103 Å². The van der Waals surface area contributed by atoms with Gasteiger partial charge in [0.1, 0.15) is 23.0 Å². The zero-order valence-electron chi connectivity index (χ0n) is 35.8. The smallest absolute Gasteiger partial charge is 0.260 e. The standard InChI is InChI=1S/C60H34BN3O2S/c1-2-15-35(16-3-1)62-44-23-8-4-17-36(44)38-31-33-47-54(57(38)62)40-19-5-9-24-45(40)63(47)49-26-12-21-42-58(49)65-51-28-14-29-52-56(51)61(42)43-22-13-27-50(59(43)66-52)64-46-25-10-6-20-41(46)55-48(64)34-32-39-37-18-7-11-30-53(37)67-60(39)55/h1-34H. The van der Waals surface area contributed by atoms with Crippen LogP contribution in [0.5, 0.6) is 23.0 Å². The highest BCUT2D eigenvalue weighted by atomic mass is 32.1. The van der Waals surface area contributed by atoms with Crippen LogP contribution in [-0.4, -0.2) is 20.4 Å². The first kappa shape index (κ1) is 35.8. The number of benzene rings is 10. The summed E-state index contributed by atoms with van der Waals surface area (Å²) in [4.78, 5) is 0. The van der Waals surface area contributed by atoms with Gasteiger partial charge in [0.2, 0.25) is 0 Å². The minimum absolute atomic E-state index is 0.138. The molecule has 310 valence electrons. The van der Waals surface area contributed by atoms with E-state index in [-0.39, 0.29) is 6.71 Å². The number of nitrogens with zero attached hydrogens (tertiary/aromatic N) is 3. The summed E-state index contributed by atoms with van der Waals surface area (Å²) >= 11 is 1.88. The molecule has 2 aliphatic heterocycles. The van der Waals surface area contributed by atoms with Gasteiger partial charge in [0.05, 0.1) is 44.5 Å². The summed E-state index contributed by atoms with van der Waals surface area (Å²) in [5.74, 6) is 3.35. The van der Waals surface area contributed by atoms with Crippen LogP contribution in [0.1, 0.15) is 0 Å². The zero-order chi connectivity index (χ0) is 43.5. The Balaban J connectivity index is 0.948. The van der Waals surface area contributed by atoms with Crippen molar-refractivity contribution in [2.24, 2.45) is 0 Å². The SMILES string of the molecule is c1ccc(-n2c3ccccc3c3ccc4c(c5ccccc5n4-c4cccc5c4Oc4cccc6c4B5c4cccc(-n5c7ccccc7c7c8sc9ccccc9c8ccc75)c4O6)c32)cc1. The van der Waals surface area contributed by atoms with Crippen molar-refractivity contribution >= 4 is 120 Å². The van der Waals surface area contributed by atoms with Gasteiger partial charge in [-0.15, -0.1) is 11.3 Å². The number of para-hydroxylation sites is 6. The van der Waals surface area contributed by atoms with E-state index in [1.54, 1.807) is 0 Å². The topological polar surface area (TPSA) is 33.2 Å². The van der Waals surface area contributed by atoms with E-state index in [1.165, 1.54) is 69.0 Å². The normalized spacial score (nSPS) is 13.0. The first-order valence-electron chi connectivity index (χ1n) is 22.9. The molecule has 0 spiro atoms. The van der Waals surface area contributed by atoms with Crippen molar-refractivity contribution < 1.29 is 9.47 Å². The summed E-state index contributed by atoms with van der Waals surface area (Å²) in [7, 11) is 0. The highest BCUT2D eigenvalue weighted by Gasteiger charge is 2.42. The van der Waals surface area contributed by atoms with Gasteiger partial charge in [-0.25, -0.2) is 0 Å². The third-order valence-corrected chi connectivity index (χ3v) is 15.8. The van der Waals surface area contributed by atoms with Gasteiger partial charge in [-0.1, -0.05) is 133 Å². The number of rotatable bonds is 3. The number of hydrogen-bond donors (Lipinski definition) is 0. The Morgan fingerprint density at radius 3 is 1.55 bits per heavy atom. The van der Waals surface area contributed by atoms with Crippen LogP contribution in [0.3, 0.4) is 0 Å². The van der Waals surface area contributed by atoms with Gasteiger partial charge in [0.25, 0.3) is 6.71 Å². The van der Waals surface area contributed by atoms with E-state index >= 15 is 0 Å². The van der Waals surface area contributed by atoms with Crippen molar-refractivity contribution in [3.63, 3.8) is 0 Å². The molecule has 5 nitrogen and oxygen atoms in total. The van der Waals surface area contributed by atoms with Crippen LogP contribution in [0.2, 0.25) is 0 Å². The van der Waals surface area contributed by atoms with Crippen LogP contribution in [0.4, 0.5) is 0 Å². The van der Waals surface area contributed by atoms with E-state index in [0.29, 0.717) is 0 Å². The highest BCUT2D eigenvalue weighted by molar-refractivity contribution is 7.26. The molecule has 0 saturated heterocycles. The Morgan fingerprint density at radius 1 is 0.358 bits per heavy atom.